The minimum Gasteiger partial charge on any atom is -0.444 e. The first-order chi connectivity index (χ1) is 8.33. The minimum atomic E-state index is -0.812. The van der Waals surface area contributed by atoms with Crippen LogP contribution >= 0.6 is 11.6 Å². The number of benzene rings is 1. The Morgan fingerprint density at radius 3 is 2.50 bits per heavy atom. The molecule has 1 unspecified atom stereocenters. The molecule has 0 fully saturated rings. The number of hydrogen-bond acceptors (Lipinski definition) is 3. The Morgan fingerprint density at radius 2 is 2.00 bits per heavy atom. The number of rotatable bonds is 3. The molecule has 98 valence electrons. The first-order valence-corrected chi connectivity index (χ1v) is 5.90. The summed E-state index contributed by atoms with van der Waals surface area (Å²) in [5, 5.41) is 2.89. The first-order valence-electron chi connectivity index (χ1n) is 5.53. The number of ether oxygens (including phenoxy) is 1. The summed E-state index contributed by atoms with van der Waals surface area (Å²) in [5.41, 5.74) is -0.0714. The number of halogens is 1. The highest BCUT2D eigenvalue weighted by Crippen LogP contribution is 2.21. The zero-order chi connectivity index (χ0) is 13.8. The number of hydrogen-bond donors (Lipinski definition) is 1. The maximum atomic E-state index is 11.6. The Bertz CT molecular complexity index is 440. The van der Waals surface area contributed by atoms with E-state index in [4.69, 9.17) is 16.3 Å². The van der Waals surface area contributed by atoms with Crippen molar-refractivity contribution in [3.63, 3.8) is 0 Å². The van der Waals surface area contributed by atoms with Crippen LogP contribution in [0.5, 0.6) is 0 Å². The van der Waals surface area contributed by atoms with Crippen molar-refractivity contribution in [2.24, 2.45) is 0 Å². The van der Waals surface area contributed by atoms with E-state index in [9.17, 15) is 9.59 Å². The fourth-order valence-corrected chi connectivity index (χ4v) is 1.60. The maximum absolute atomic E-state index is 11.6. The molecule has 1 aromatic carbocycles. The van der Waals surface area contributed by atoms with E-state index in [-0.39, 0.29) is 0 Å². The van der Waals surface area contributed by atoms with Gasteiger partial charge in [-0.3, -0.25) is 0 Å². The summed E-state index contributed by atoms with van der Waals surface area (Å²) in [6, 6.07) is 6.02. The lowest BCUT2D eigenvalue weighted by molar-refractivity contribution is -0.109. The van der Waals surface area contributed by atoms with Crippen LogP contribution in [0.4, 0.5) is 4.79 Å². The van der Waals surface area contributed by atoms with Gasteiger partial charge in [0.1, 0.15) is 17.9 Å². The number of amides is 1. The monoisotopic (exact) mass is 269 g/mol. The second kappa shape index (κ2) is 5.87. The van der Waals surface area contributed by atoms with Crippen LogP contribution in [0.1, 0.15) is 32.4 Å². The molecular weight excluding hydrogens is 254 g/mol. The normalized spacial score (nSPS) is 12.7. The number of aldehydes is 1. The molecule has 1 amide bonds. The van der Waals surface area contributed by atoms with E-state index in [1.165, 1.54) is 0 Å². The third-order valence-electron chi connectivity index (χ3n) is 2.05. The van der Waals surface area contributed by atoms with Crippen LogP contribution in [0.3, 0.4) is 0 Å². The van der Waals surface area contributed by atoms with Crippen LogP contribution in [0.25, 0.3) is 0 Å². The summed E-state index contributed by atoms with van der Waals surface area (Å²) in [4.78, 5) is 22.6. The van der Waals surface area contributed by atoms with Gasteiger partial charge in [0.25, 0.3) is 0 Å². The molecule has 0 aliphatic carbocycles. The third kappa shape index (κ3) is 4.37. The molecule has 1 atom stereocenters. The average Bonchev–Trinajstić information content (AvgIpc) is 2.24. The van der Waals surface area contributed by atoms with Gasteiger partial charge in [-0.2, -0.15) is 0 Å². The van der Waals surface area contributed by atoms with E-state index in [0.717, 1.165) is 0 Å². The fraction of sp³-hybridized carbons (Fsp3) is 0.385. The molecule has 4 nitrogen and oxygen atoms in total. The lowest BCUT2D eigenvalue weighted by Gasteiger charge is -2.21. The summed E-state index contributed by atoms with van der Waals surface area (Å²) >= 11 is 5.96. The zero-order valence-corrected chi connectivity index (χ0v) is 11.3. The van der Waals surface area contributed by atoms with Crippen LogP contribution in [-0.4, -0.2) is 18.0 Å². The van der Waals surface area contributed by atoms with Gasteiger partial charge < -0.3 is 14.8 Å². The average molecular weight is 270 g/mol. The van der Waals surface area contributed by atoms with Crippen molar-refractivity contribution in [3.05, 3.63) is 34.9 Å². The van der Waals surface area contributed by atoms with E-state index in [1.807, 2.05) is 0 Å². The van der Waals surface area contributed by atoms with Crippen molar-refractivity contribution >= 4 is 24.0 Å². The van der Waals surface area contributed by atoms with E-state index >= 15 is 0 Å². The summed E-state index contributed by atoms with van der Waals surface area (Å²) in [6.45, 7) is 5.24. The predicted octanol–water partition coefficient (Wildman–Crippen LogP) is 3.10. The van der Waals surface area contributed by atoms with Crippen molar-refractivity contribution in [2.75, 3.05) is 0 Å². The number of carbonyl (C=O) groups excluding carboxylic acids is 2. The molecule has 1 rings (SSSR count). The molecule has 0 heterocycles. The first kappa shape index (κ1) is 14.5. The number of nitrogens with one attached hydrogen (secondary N) is 1. The molecule has 1 N–H and O–H groups in total. The summed E-state index contributed by atoms with van der Waals surface area (Å²) in [5.74, 6) is 0. The number of carbonyl (C=O) groups is 2. The molecule has 0 saturated heterocycles. The van der Waals surface area contributed by atoms with Crippen molar-refractivity contribution in [1.82, 2.24) is 5.32 Å². The van der Waals surface area contributed by atoms with E-state index in [2.05, 4.69) is 5.32 Å². The lowest BCUT2D eigenvalue weighted by Crippen LogP contribution is -2.35. The standard InChI is InChI=1S/C13H16ClNO3/c1-13(2,3)18-12(17)15-11(8-16)9-6-4-5-7-10(9)14/h4-8,11H,1-3H3,(H,15,17). The highest BCUT2D eigenvalue weighted by atomic mass is 35.5. The van der Waals surface area contributed by atoms with Crippen LogP contribution in [0.2, 0.25) is 5.02 Å². The minimum absolute atomic E-state index is 0.422. The summed E-state index contributed by atoms with van der Waals surface area (Å²) in [6.07, 6.45) is -0.0370. The number of alkyl carbamates (subject to hydrolysis) is 1. The molecule has 18 heavy (non-hydrogen) atoms. The predicted molar refractivity (Wildman–Crippen MR) is 69.6 cm³/mol. The SMILES string of the molecule is CC(C)(C)OC(=O)NC(C=O)c1ccccc1Cl. The van der Waals surface area contributed by atoms with Gasteiger partial charge in [0.05, 0.1) is 0 Å². The molecule has 0 bridgehead atoms. The van der Waals surface area contributed by atoms with E-state index in [1.54, 1.807) is 45.0 Å². The summed E-state index contributed by atoms with van der Waals surface area (Å²) < 4.78 is 5.08. The molecule has 0 saturated carbocycles. The third-order valence-corrected chi connectivity index (χ3v) is 2.39. The zero-order valence-electron chi connectivity index (χ0n) is 10.6. The van der Waals surface area contributed by atoms with Gasteiger partial charge in [0.15, 0.2) is 0 Å². The molecule has 1 aromatic rings. The molecular formula is C13H16ClNO3. The Morgan fingerprint density at radius 1 is 1.39 bits per heavy atom. The van der Waals surface area contributed by atoms with Gasteiger partial charge in [0, 0.05) is 10.6 Å². The highest BCUT2D eigenvalue weighted by molar-refractivity contribution is 6.31. The molecule has 0 radical (unpaired) electrons. The summed E-state index contributed by atoms with van der Waals surface area (Å²) in [7, 11) is 0. The van der Waals surface area contributed by atoms with E-state index in [0.29, 0.717) is 16.9 Å². The fourth-order valence-electron chi connectivity index (χ4n) is 1.35. The Kier molecular flexibility index (Phi) is 4.73. The maximum Gasteiger partial charge on any atom is 0.408 e. The highest BCUT2D eigenvalue weighted by Gasteiger charge is 2.21. The quantitative estimate of drug-likeness (QED) is 0.858. The van der Waals surface area contributed by atoms with Gasteiger partial charge in [-0.15, -0.1) is 0 Å². The second-order valence-corrected chi connectivity index (χ2v) is 5.19. The molecule has 0 aromatic heterocycles. The Hall–Kier alpha value is -1.55. The Labute approximate surface area is 111 Å². The largest absolute Gasteiger partial charge is 0.444 e. The topological polar surface area (TPSA) is 55.4 Å². The van der Waals surface area contributed by atoms with Crippen molar-refractivity contribution in [2.45, 2.75) is 32.4 Å². The second-order valence-electron chi connectivity index (χ2n) is 4.78. The van der Waals surface area contributed by atoms with E-state index < -0.39 is 17.7 Å². The molecule has 0 spiro atoms. The van der Waals surface area contributed by atoms with Crippen molar-refractivity contribution in [1.29, 1.82) is 0 Å². The van der Waals surface area contributed by atoms with Gasteiger partial charge >= 0.3 is 6.09 Å². The molecule has 5 heteroatoms. The van der Waals surface area contributed by atoms with Crippen LogP contribution in [0, 0.1) is 0 Å². The van der Waals surface area contributed by atoms with Crippen LogP contribution in [0.15, 0.2) is 24.3 Å². The Balaban J connectivity index is 2.78. The lowest BCUT2D eigenvalue weighted by atomic mass is 10.1. The molecule has 0 aliphatic heterocycles. The smallest absolute Gasteiger partial charge is 0.408 e. The van der Waals surface area contributed by atoms with Crippen LogP contribution in [-0.2, 0) is 9.53 Å². The molecule has 0 aliphatic rings. The van der Waals surface area contributed by atoms with Gasteiger partial charge in [-0.1, -0.05) is 29.8 Å². The van der Waals surface area contributed by atoms with Crippen molar-refractivity contribution < 1.29 is 14.3 Å². The van der Waals surface area contributed by atoms with Gasteiger partial charge in [-0.05, 0) is 26.8 Å². The van der Waals surface area contributed by atoms with Crippen LogP contribution < -0.4 is 5.32 Å². The van der Waals surface area contributed by atoms with Gasteiger partial charge in [-0.25, -0.2) is 4.79 Å². The van der Waals surface area contributed by atoms with Crippen molar-refractivity contribution in [3.8, 4) is 0 Å². The van der Waals surface area contributed by atoms with Gasteiger partial charge in [0.2, 0.25) is 0 Å².